The van der Waals surface area contributed by atoms with Gasteiger partial charge in [-0.1, -0.05) is 37.3 Å². The number of benzene rings is 1. The summed E-state index contributed by atoms with van der Waals surface area (Å²) in [6.45, 7) is 13.8. The fraction of sp³-hybridized carbons (Fsp3) is 0.562. The predicted octanol–water partition coefficient (Wildman–Crippen LogP) is 6.98. The van der Waals surface area contributed by atoms with Gasteiger partial charge in [0.15, 0.2) is 5.65 Å². The van der Waals surface area contributed by atoms with Crippen LogP contribution in [0.4, 0.5) is 10.6 Å². The maximum absolute atomic E-state index is 12.5. The van der Waals surface area contributed by atoms with Gasteiger partial charge in [0.05, 0.1) is 16.7 Å². The molecule has 0 spiro atoms. The van der Waals surface area contributed by atoms with Crippen LogP contribution < -0.4 is 10.2 Å². The molecule has 0 aliphatic carbocycles. The molecule has 0 radical (unpaired) electrons. The number of nitrogens with one attached hydrogen (secondary N) is 1. The molecule has 236 valence electrons. The SMILES string of the molecule is Cn1cc2c(Cl)c(-c3cn(COCC[Si](C)(C)C)c4nc(N5C6CCC5CC(NC(=O)OC(C)(C)C)C6)cnc34)ccc2n1. The van der Waals surface area contributed by atoms with Gasteiger partial charge in [0, 0.05) is 68.8 Å². The van der Waals surface area contributed by atoms with Gasteiger partial charge in [0.2, 0.25) is 0 Å². The molecule has 0 saturated carbocycles. The zero-order valence-electron chi connectivity index (χ0n) is 26.9. The van der Waals surface area contributed by atoms with Crippen LogP contribution >= 0.6 is 11.6 Å². The molecule has 2 atom stereocenters. The number of hydrogen-bond acceptors (Lipinski definition) is 7. The van der Waals surface area contributed by atoms with Crippen LogP contribution in [0, 0.1) is 0 Å². The summed E-state index contributed by atoms with van der Waals surface area (Å²) in [5.74, 6) is 0.863. The minimum atomic E-state index is -1.22. The van der Waals surface area contributed by atoms with Crippen molar-refractivity contribution in [3.8, 4) is 11.1 Å². The van der Waals surface area contributed by atoms with Crippen LogP contribution in [0.2, 0.25) is 30.7 Å². The number of carbonyl (C=O) groups excluding carboxylic acids is 1. The summed E-state index contributed by atoms with van der Waals surface area (Å²) in [7, 11) is 0.675. The molecule has 1 aromatic carbocycles. The fourth-order valence-corrected chi connectivity index (χ4v) is 7.60. The molecule has 1 amide bonds. The quantitative estimate of drug-likeness (QED) is 0.164. The third-order valence-electron chi connectivity index (χ3n) is 8.53. The Labute approximate surface area is 265 Å². The molecule has 4 aromatic rings. The van der Waals surface area contributed by atoms with E-state index < -0.39 is 13.7 Å². The smallest absolute Gasteiger partial charge is 0.407 e. The molecule has 2 saturated heterocycles. The summed E-state index contributed by atoms with van der Waals surface area (Å²) in [6.07, 6.45) is 9.38. The van der Waals surface area contributed by atoms with Crippen molar-refractivity contribution >= 4 is 53.7 Å². The van der Waals surface area contributed by atoms with Crippen LogP contribution in [0.3, 0.4) is 0 Å². The lowest BCUT2D eigenvalue weighted by molar-refractivity contribution is 0.0492. The van der Waals surface area contributed by atoms with Crippen molar-refractivity contribution in [1.82, 2.24) is 29.6 Å². The number of anilines is 1. The van der Waals surface area contributed by atoms with Crippen LogP contribution in [0.25, 0.3) is 33.2 Å². The number of hydrogen-bond donors (Lipinski definition) is 1. The van der Waals surface area contributed by atoms with E-state index in [1.807, 2.05) is 52.3 Å². The molecule has 10 nitrogen and oxygen atoms in total. The minimum Gasteiger partial charge on any atom is -0.444 e. The Balaban J connectivity index is 1.30. The van der Waals surface area contributed by atoms with Crippen molar-refractivity contribution in [2.45, 2.75) is 103 Å². The molecule has 3 aromatic heterocycles. The number of nitrogens with zero attached hydrogens (tertiary/aromatic N) is 6. The fourth-order valence-electron chi connectivity index (χ4n) is 6.53. The highest BCUT2D eigenvalue weighted by Gasteiger charge is 2.42. The first-order valence-electron chi connectivity index (χ1n) is 15.6. The van der Waals surface area contributed by atoms with Gasteiger partial charge in [0.25, 0.3) is 0 Å². The van der Waals surface area contributed by atoms with Gasteiger partial charge in [-0.2, -0.15) is 5.10 Å². The molecule has 1 N–H and O–H groups in total. The number of aromatic nitrogens is 5. The Morgan fingerprint density at radius 3 is 2.52 bits per heavy atom. The summed E-state index contributed by atoms with van der Waals surface area (Å²) >= 11 is 6.98. The number of ether oxygens (including phenoxy) is 2. The van der Waals surface area contributed by atoms with Crippen molar-refractivity contribution in [3.63, 3.8) is 0 Å². The van der Waals surface area contributed by atoms with Gasteiger partial charge in [-0.05, 0) is 58.6 Å². The summed E-state index contributed by atoms with van der Waals surface area (Å²) in [5.41, 5.74) is 3.73. The molecular weight excluding hydrogens is 594 g/mol. The number of piperidine rings is 1. The van der Waals surface area contributed by atoms with Crippen molar-refractivity contribution in [1.29, 1.82) is 0 Å². The van der Waals surface area contributed by atoms with Gasteiger partial charge in [-0.25, -0.2) is 14.8 Å². The number of fused-ring (bicyclic) bond motifs is 4. The van der Waals surface area contributed by atoms with Crippen molar-refractivity contribution in [3.05, 3.63) is 35.7 Å². The maximum atomic E-state index is 12.5. The van der Waals surface area contributed by atoms with Gasteiger partial charge < -0.3 is 24.3 Å². The lowest BCUT2D eigenvalue weighted by Gasteiger charge is -2.39. The van der Waals surface area contributed by atoms with E-state index in [1.165, 1.54) is 0 Å². The van der Waals surface area contributed by atoms with E-state index in [0.29, 0.717) is 18.4 Å². The monoisotopic (exact) mass is 637 g/mol. The van der Waals surface area contributed by atoms with Crippen LogP contribution in [0.15, 0.2) is 30.7 Å². The second-order valence-electron chi connectivity index (χ2n) is 14.5. The Kier molecular flexibility index (Phi) is 8.17. The third-order valence-corrected chi connectivity index (χ3v) is 10.6. The summed E-state index contributed by atoms with van der Waals surface area (Å²) in [4.78, 5) is 25.1. The highest BCUT2D eigenvalue weighted by atomic mass is 35.5. The molecule has 5 heterocycles. The second-order valence-corrected chi connectivity index (χ2v) is 20.5. The Morgan fingerprint density at radius 2 is 1.84 bits per heavy atom. The Hall–Kier alpha value is -3.15. The first-order chi connectivity index (χ1) is 20.8. The summed E-state index contributed by atoms with van der Waals surface area (Å²) in [5, 5.41) is 9.18. The number of rotatable bonds is 8. The van der Waals surface area contributed by atoms with E-state index in [2.05, 4.69) is 45.7 Å². The Bertz CT molecular complexity index is 1680. The van der Waals surface area contributed by atoms with E-state index in [0.717, 1.165) is 70.7 Å². The molecule has 2 fully saturated rings. The zero-order chi connectivity index (χ0) is 31.4. The van der Waals surface area contributed by atoms with Crippen LogP contribution in [-0.4, -0.2) is 68.8 Å². The predicted molar refractivity (Wildman–Crippen MR) is 178 cm³/mol. The highest BCUT2D eigenvalue weighted by molar-refractivity contribution is 6.76. The van der Waals surface area contributed by atoms with E-state index >= 15 is 0 Å². The van der Waals surface area contributed by atoms with Crippen LogP contribution in [0.5, 0.6) is 0 Å². The lowest BCUT2D eigenvalue weighted by Crippen LogP contribution is -2.51. The molecule has 2 aliphatic rings. The van der Waals surface area contributed by atoms with Gasteiger partial charge in [0.1, 0.15) is 23.7 Å². The number of carbonyl (C=O) groups is 1. The zero-order valence-corrected chi connectivity index (χ0v) is 28.6. The van der Waals surface area contributed by atoms with Crippen molar-refractivity contribution in [2.75, 3.05) is 11.5 Å². The third kappa shape index (κ3) is 6.45. The van der Waals surface area contributed by atoms with E-state index in [4.69, 9.17) is 31.0 Å². The Morgan fingerprint density at radius 1 is 1.11 bits per heavy atom. The normalized spacial score (nSPS) is 20.5. The summed E-state index contributed by atoms with van der Waals surface area (Å²) in [6, 6.07) is 5.74. The number of alkyl carbamates (subject to hydrolysis) is 1. The molecule has 44 heavy (non-hydrogen) atoms. The maximum Gasteiger partial charge on any atom is 0.407 e. The van der Waals surface area contributed by atoms with E-state index in [-0.39, 0.29) is 24.2 Å². The van der Waals surface area contributed by atoms with Gasteiger partial charge in [-0.15, -0.1) is 0 Å². The summed E-state index contributed by atoms with van der Waals surface area (Å²) < 4.78 is 15.6. The topological polar surface area (TPSA) is 99.3 Å². The van der Waals surface area contributed by atoms with E-state index in [9.17, 15) is 4.79 Å². The van der Waals surface area contributed by atoms with Crippen molar-refractivity contribution in [2.24, 2.45) is 7.05 Å². The average Bonchev–Trinajstić information content (AvgIpc) is 3.56. The van der Waals surface area contributed by atoms with Gasteiger partial charge >= 0.3 is 6.09 Å². The number of aryl methyl sites for hydroxylation is 1. The van der Waals surface area contributed by atoms with Crippen molar-refractivity contribution < 1.29 is 14.3 Å². The van der Waals surface area contributed by atoms with Crippen LogP contribution in [0.1, 0.15) is 46.5 Å². The standard InChI is InChI=1S/C32H44ClN7O3Si/c1-32(2,3)43-31(41)35-20-14-21-8-9-22(15-20)40(21)27-16-34-29-24(23-10-11-26-25(28(23)33)17-38(4)37-26)18-39(30(29)36-27)19-42-12-13-44(5,6)7/h10-11,16-18,20-22H,8-9,12-15,19H2,1-7H3,(H,35,41). The molecule has 2 aliphatic heterocycles. The molecular formula is C32H44ClN7O3Si. The highest BCUT2D eigenvalue weighted by Crippen LogP contribution is 2.41. The first kappa shape index (κ1) is 30.9. The molecule has 12 heteroatoms. The van der Waals surface area contributed by atoms with Crippen LogP contribution in [-0.2, 0) is 23.3 Å². The number of halogens is 1. The van der Waals surface area contributed by atoms with Gasteiger partial charge in [-0.3, -0.25) is 4.68 Å². The first-order valence-corrected chi connectivity index (χ1v) is 19.7. The lowest BCUT2D eigenvalue weighted by atomic mass is 9.97. The second kappa shape index (κ2) is 11.6. The van der Waals surface area contributed by atoms with E-state index in [1.54, 1.807) is 4.68 Å². The number of amides is 1. The largest absolute Gasteiger partial charge is 0.444 e. The molecule has 6 rings (SSSR count). The molecule has 2 unspecified atom stereocenters. The minimum absolute atomic E-state index is 0.0788. The molecule has 2 bridgehead atoms. The average molecular weight is 638 g/mol.